The molecule has 2 unspecified atom stereocenters. The van der Waals surface area contributed by atoms with Gasteiger partial charge >= 0.3 is 6.09 Å². The number of unbranched alkanes of at least 4 members (excludes halogenated alkanes) is 1. The van der Waals surface area contributed by atoms with E-state index in [1.165, 1.54) is 4.31 Å². The number of hydroxylamine groups is 1. The Morgan fingerprint density at radius 2 is 2.10 bits per heavy atom. The van der Waals surface area contributed by atoms with Gasteiger partial charge in [0, 0.05) is 13.6 Å². The summed E-state index contributed by atoms with van der Waals surface area (Å²) in [4.78, 5) is 18.4. The zero-order valence-corrected chi connectivity index (χ0v) is 13.6. The number of hydrogen-bond donors (Lipinski definition) is 1. The summed E-state index contributed by atoms with van der Waals surface area (Å²) >= 11 is 0. The van der Waals surface area contributed by atoms with Crippen LogP contribution in [0.3, 0.4) is 0 Å². The van der Waals surface area contributed by atoms with Crippen LogP contribution in [0.4, 0.5) is 4.79 Å². The predicted molar refractivity (Wildman–Crippen MR) is 78.8 cm³/mol. The first-order valence-electron chi connectivity index (χ1n) is 7.64. The van der Waals surface area contributed by atoms with Gasteiger partial charge < -0.3 is 4.84 Å². The third kappa shape index (κ3) is 3.87. The van der Waals surface area contributed by atoms with E-state index in [1.807, 2.05) is 6.92 Å². The van der Waals surface area contributed by atoms with E-state index in [2.05, 4.69) is 5.48 Å². The number of nitrogens with one attached hydrogen (secondary N) is 1. The first-order valence-corrected chi connectivity index (χ1v) is 9.25. The fourth-order valence-corrected chi connectivity index (χ4v) is 4.25. The molecule has 0 aromatic heterocycles. The van der Waals surface area contributed by atoms with E-state index in [0.29, 0.717) is 13.0 Å². The summed E-state index contributed by atoms with van der Waals surface area (Å²) in [6.45, 7) is 2.30. The number of amides is 1. The second-order valence-electron chi connectivity index (χ2n) is 5.80. The summed E-state index contributed by atoms with van der Waals surface area (Å²) < 4.78 is 25.8. The largest absolute Gasteiger partial charge is 0.430 e. The second-order valence-corrected chi connectivity index (χ2v) is 7.99. The van der Waals surface area contributed by atoms with Crippen molar-refractivity contribution in [3.05, 3.63) is 0 Å². The molecule has 2 rings (SSSR count). The molecule has 0 radical (unpaired) electrons. The van der Waals surface area contributed by atoms with Gasteiger partial charge in [0.2, 0.25) is 10.0 Å². The van der Waals surface area contributed by atoms with Crippen LogP contribution >= 0.6 is 0 Å². The summed E-state index contributed by atoms with van der Waals surface area (Å²) in [5, 5.41) is 0. The van der Waals surface area contributed by atoms with Gasteiger partial charge in [-0.05, 0) is 25.7 Å². The second kappa shape index (κ2) is 6.93. The van der Waals surface area contributed by atoms with Crippen molar-refractivity contribution >= 4 is 16.1 Å². The minimum absolute atomic E-state index is 0.124. The van der Waals surface area contributed by atoms with Crippen molar-refractivity contribution in [1.82, 2.24) is 14.7 Å². The van der Waals surface area contributed by atoms with Crippen LogP contribution in [0.15, 0.2) is 0 Å². The highest BCUT2D eigenvalue weighted by Crippen LogP contribution is 2.25. The number of likely N-dealkylation sites (N-methyl/N-ethyl adjacent to an activating group) is 1. The van der Waals surface area contributed by atoms with Gasteiger partial charge in [0.1, 0.15) is 6.17 Å². The number of nitrogens with zero attached hydrogens (tertiary/aromatic N) is 2. The molecule has 122 valence electrons. The zero-order valence-electron chi connectivity index (χ0n) is 12.7. The Kier molecular flexibility index (Phi) is 5.45. The molecular weight excluding hydrogens is 294 g/mol. The topological polar surface area (TPSA) is 79.0 Å². The van der Waals surface area contributed by atoms with Crippen LogP contribution in [0.1, 0.15) is 45.4 Å². The van der Waals surface area contributed by atoms with Crippen molar-refractivity contribution in [2.75, 3.05) is 19.3 Å². The highest BCUT2D eigenvalue weighted by Gasteiger charge is 2.40. The van der Waals surface area contributed by atoms with Crippen LogP contribution in [0.2, 0.25) is 0 Å². The normalized spacial score (nSPS) is 26.6. The van der Waals surface area contributed by atoms with Gasteiger partial charge in [-0.2, -0.15) is 0 Å². The maximum absolute atomic E-state index is 12.2. The third-order valence-corrected chi connectivity index (χ3v) is 6.09. The Morgan fingerprint density at radius 1 is 1.38 bits per heavy atom. The van der Waals surface area contributed by atoms with Gasteiger partial charge in [0.05, 0.1) is 11.8 Å². The molecule has 2 atom stereocenters. The Balaban J connectivity index is 2.04. The molecule has 0 aromatic carbocycles. The van der Waals surface area contributed by atoms with Gasteiger partial charge in [0.25, 0.3) is 0 Å². The van der Waals surface area contributed by atoms with Crippen molar-refractivity contribution < 1.29 is 18.0 Å². The Labute approximate surface area is 126 Å². The van der Waals surface area contributed by atoms with E-state index in [1.54, 1.807) is 11.9 Å². The lowest BCUT2D eigenvalue weighted by molar-refractivity contribution is 0.117. The average Bonchev–Trinajstić information content (AvgIpc) is 2.69. The quantitative estimate of drug-likeness (QED) is 0.798. The van der Waals surface area contributed by atoms with Crippen LogP contribution in [-0.4, -0.2) is 55.3 Å². The number of sulfonamides is 1. The van der Waals surface area contributed by atoms with Gasteiger partial charge in [-0.3, -0.25) is 4.90 Å². The van der Waals surface area contributed by atoms with Gasteiger partial charge in [0.15, 0.2) is 0 Å². The minimum Gasteiger partial charge on any atom is -0.352 e. The summed E-state index contributed by atoms with van der Waals surface area (Å²) in [5.41, 5.74) is 2.73. The lowest BCUT2D eigenvalue weighted by atomic mass is 10.1. The molecule has 21 heavy (non-hydrogen) atoms. The molecule has 0 aliphatic carbocycles. The van der Waals surface area contributed by atoms with Crippen LogP contribution in [0.5, 0.6) is 0 Å². The molecule has 2 saturated heterocycles. The van der Waals surface area contributed by atoms with E-state index in [9.17, 15) is 13.2 Å². The van der Waals surface area contributed by atoms with Crippen molar-refractivity contribution in [2.24, 2.45) is 0 Å². The van der Waals surface area contributed by atoms with E-state index in [-0.39, 0.29) is 18.0 Å². The summed E-state index contributed by atoms with van der Waals surface area (Å²) in [7, 11) is -1.65. The zero-order chi connectivity index (χ0) is 15.5. The van der Waals surface area contributed by atoms with Crippen LogP contribution in [-0.2, 0) is 14.9 Å². The van der Waals surface area contributed by atoms with Crippen LogP contribution in [0, 0.1) is 0 Å². The molecule has 8 heteroatoms. The lowest BCUT2D eigenvalue weighted by Crippen LogP contribution is -2.49. The molecule has 1 N–H and O–H groups in total. The highest BCUT2D eigenvalue weighted by molar-refractivity contribution is 7.89. The van der Waals surface area contributed by atoms with Crippen LogP contribution in [0.25, 0.3) is 0 Å². The van der Waals surface area contributed by atoms with Crippen molar-refractivity contribution in [2.45, 2.75) is 57.7 Å². The first-order chi connectivity index (χ1) is 9.95. The summed E-state index contributed by atoms with van der Waals surface area (Å²) in [6, 6.07) is -0.124. The van der Waals surface area contributed by atoms with Crippen molar-refractivity contribution in [3.8, 4) is 0 Å². The molecule has 0 bridgehead atoms. The molecule has 2 heterocycles. The first kappa shape index (κ1) is 16.5. The maximum atomic E-state index is 12.2. The molecule has 2 aliphatic heterocycles. The van der Waals surface area contributed by atoms with E-state index < -0.39 is 16.1 Å². The van der Waals surface area contributed by atoms with Crippen molar-refractivity contribution in [1.29, 1.82) is 0 Å². The molecule has 2 aliphatic rings. The Bertz CT molecular complexity index is 468. The number of carbonyl (C=O) groups excluding carboxylic acids is 1. The van der Waals surface area contributed by atoms with Gasteiger partial charge in [-0.1, -0.05) is 19.8 Å². The van der Waals surface area contributed by atoms with E-state index >= 15 is 0 Å². The average molecular weight is 319 g/mol. The Hall–Kier alpha value is -0.860. The number of carbonyl (C=O) groups is 1. The fourth-order valence-electron chi connectivity index (χ4n) is 2.89. The van der Waals surface area contributed by atoms with Gasteiger partial charge in [-0.15, -0.1) is 5.48 Å². The van der Waals surface area contributed by atoms with Crippen LogP contribution < -0.4 is 5.48 Å². The Morgan fingerprint density at radius 3 is 2.81 bits per heavy atom. The van der Waals surface area contributed by atoms with Crippen molar-refractivity contribution in [3.63, 3.8) is 0 Å². The number of hydrogen-bond acceptors (Lipinski definition) is 5. The predicted octanol–water partition coefficient (Wildman–Crippen LogP) is 1.27. The standard InChI is InChI=1S/C13H25N3O4S/c1-3-4-9-21(18,19)15(2)10-11-7-5-6-8-12-14-20-13(17)16(11)12/h11-12,14H,3-10H2,1-2H3. The van der Waals surface area contributed by atoms with Gasteiger partial charge in [-0.25, -0.2) is 17.5 Å². The molecule has 1 amide bonds. The number of rotatable bonds is 6. The molecule has 2 fully saturated rings. The lowest BCUT2D eigenvalue weighted by Gasteiger charge is -2.30. The van der Waals surface area contributed by atoms with E-state index in [0.717, 1.165) is 32.1 Å². The smallest absolute Gasteiger partial charge is 0.352 e. The minimum atomic E-state index is -3.25. The van der Waals surface area contributed by atoms with E-state index in [4.69, 9.17) is 4.84 Å². The monoisotopic (exact) mass is 319 g/mol. The molecule has 0 spiro atoms. The fraction of sp³-hybridized carbons (Fsp3) is 0.923. The molecule has 0 saturated carbocycles. The SMILES string of the molecule is CCCCS(=O)(=O)N(C)CC1CCCCC2NOC(=O)N12. The molecule has 0 aromatic rings. The molecule has 7 nitrogen and oxygen atoms in total. The number of fused-ring (bicyclic) bond motifs is 1. The summed E-state index contributed by atoms with van der Waals surface area (Å²) in [5.74, 6) is 0.166. The third-order valence-electron chi connectivity index (χ3n) is 4.19. The maximum Gasteiger partial charge on any atom is 0.430 e. The highest BCUT2D eigenvalue weighted by atomic mass is 32.2. The molecular formula is C13H25N3O4S. The summed E-state index contributed by atoms with van der Waals surface area (Å²) in [6.07, 6.45) is 4.63.